The third kappa shape index (κ3) is 27.5. The molecular formula is C54H103NO13. The van der Waals surface area contributed by atoms with Gasteiger partial charge in [-0.1, -0.05) is 199 Å². The number of carbonyl (C=O) groups excluding carboxylic acids is 1. The van der Waals surface area contributed by atoms with Gasteiger partial charge in [0.05, 0.1) is 32.0 Å². The van der Waals surface area contributed by atoms with Crippen molar-refractivity contribution >= 4 is 5.91 Å². The van der Waals surface area contributed by atoms with E-state index in [1.54, 1.807) is 0 Å². The third-order valence-corrected chi connectivity index (χ3v) is 14.0. The number of rotatable bonds is 44. The van der Waals surface area contributed by atoms with Crippen molar-refractivity contribution in [2.45, 2.75) is 306 Å². The second-order valence-electron chi connectivity index (χ2n) is 20.1. The van der Waals surface area contributed by atoms with Gasteiger partial charge in [0.15, 0.2) is 12.6 Å². The van der Waals surface area contributed by atoms with Crippen molar-refractivity contribution in [2.24, 2.45) is 0 Å². The number of carbonyl (C=O) groups is 1. The van der Waals surface area contributed by atoms with Crippen LogP contribution >= 0.6 is 0 Å². The van der Waals surface area contributed by atoms with Crippen LogP contribution in [0.15, 0.2) is 12.2 Å². The van der Waals surface area contributed by atoms with Gasteiger partial charge in [-0.25, -0.2) is 0 Å². The van der Waals surface area contributed by atoms with Gasteiger partial charge in [-0.15, -0.1) is 0 Å². The largest absolute Gasteiger partial charge is 0.394 e. The molecule has 12 unspecified atom stereocenters. The molecule has 68 heavy (non-hydrogen) atoms. The maximum atomic E-state index is 13.2. The summed E-state index contributed by atoms with van der Waals surface area (Å²) in [5.74, 6) is -0.214. The molecule has 2 aliphatic rings. The highest BCUT2D eigenvalue weighted by Crippen LogP contribution is 2.30. The van der Waals surface area contributed by atoms with E-state index in [0.29, 0.717) is 19.3 Å². The van der Waals surface area contributed by atoms with Crippen molar-refractivity contribution in [2.75, 3.05) is 19.8 Å². The maximum Gasteiger partial charge on any atom is 0.220 e. The van der Waals surface area contributed by atoms with E-state index >= 15 is 0 Å². The minimum absolute atomic E-state index is 0.214. The summed E-state index contributed by atoms with van der Waals surface area (Å²) >= 11 is 0. The molecule has 2 saturated heterocycles. The number of hydrogen-bond acceptors (Lipinski definition) is 13. The molecular weight excluding hydrogens is 871 g/mol. The van der Waals surface area contributed by atoms with Crippen molar-refractivity contribution < 1.29 is 64.6 Å². The molecule has 2 rings (SSSR count). The van der Waals surface area contributed by atoms with Crippen molar-refractivity contribution in [3.63, 3.8) is 0 Å². The van der Waals surface area contributed by atoms with E-state index in [4.69, 9.17) is 18.9 Å². The van der Waals surface area contributed by atoms with Crippen LogP contribution in [0.2, 0.25) is 0 Å². The number of amides is 1. The SMILES string of the molecule is CCCCCC/C=C\CCCCCCCC(=O)NC(COC1OC(CO)C(OC2OC(CO)C(O)C(O)C2O)C(O)C1O)C(O)CCCCCCCCCCCCCCCCCCCCCCC. The highest BCUT2D eigenvalue weighted by molar-refractivity contribution is 5.76. The lowest BCUT2D eigenvalue weighted by molar-refractivity contribution is -0.359. The molecule has 0 aromatic rings. The Hall–Kier alpha value is -1.27. The Morgan fingerprint density at radius 2 is 0.926 bits per heavy atom. The summed E-state index contributed by atoms with van der Waals surface area (Å²) in [5, 5.41) is 87.0. The molecule has 2 aliphatic heterocycles. The van der Waals surface area contributed by atoms with Crippen LogP contribution in [0.1, 0.15) is 232 Å². The van der Waals surface area contributed by atoms with Gasteiger partial charge in [-0.3, -0.25) is 4.79 Å². The number of nitrogens with one attached hydrogen (secondary N) is 1. The van der Waals surface area contributed by atoms with Gasteiger partial charge in [-0.05, 0) is 38.5 Å². The van der Waals surface area contributed by atoms with Gasteiger partial charge in [0.2, 0.25) is 5.91 Å². The molecule has 14 nitrogen and oxygen atoms in total. The average molecular weight is 974 g/mol. The van der Waals surface area contributed by atoms with E-state index in [0.717, 1.165) is 64.2 Å². The summed E-state index contributed by atoms with van der Waals surface area (Å²) in [7, 11) is 0. The molecule has 14 heteroatoms. The van der Waals surface area contributed by atoms with Crippen molar-refractivity contribution in [3.8, 4) is 0 Å². The number of unbranched alkanes of at least 4 members (excludes halogenated alkanes) is 29. The predicted octanol–water partition coefficient (Wildman–Crippen LogP) is 8.33. The molecule has 0 radical (unpaired) electrons. The van der Waals surface area contributed by atoms with Gasteiger partial charge >= 0.3 is 0 Å². The molecule has 9 N–H and O–H groups in total. The first-order valence-corrected chi connectivity index (χ1v) is 27.9. The smallest absolute Gasteiger partial charge is 0.220 e. The van der Waals surface area contributed by atoms with Crippen LogP contribution in [0.25, 0.3) is 0 Å². The monoisotopic (exact) mass is 974 g/mol. The minimum Gasteiger partial charge on any atom is -0.394 e. The van der Waals surface area contributed by atoms with Crippen LogP contribution in [-0.4, -0.2) is 140 Å². The molecule has 0 aromatic carbocycles. The molecule has 0 aliphatic carbocycles. The van der Waals surface area contributed by atoms with Gasteiger partial charge < -0.3 is 65.1 Å². The molecule has 0 saturated carbocycles. The Balaban J connectivity index is 1.77. The van der Waals surface area contributed by atoms with Crippen LogP contribution in [0.3, 0.4) is 0 Å². The van der Waals surface area contributed by atoms with E-state index in [2.05, 4.69) is 31.3 Å². The van der Waals surface area contributed by atoms with Crippen LogP contribution < -0.4 is 5.32 Å². The summed E-state index contributed by atoms with van der Waals surface area (Å²) in [4.78, 5) is 13.2. The molecule has 2 heterocycles. The molecule has 1 amide bonds. The van der Waals surface area contributed by atoms with Gasteiger partial charge in [0.25, 0.3) is 0 Å². The fraction of sp³-hybridized carbons (Fsp3) is 0.944. The Labute approximate surface area is 412 Å². The molecule has 2 fully saturated rings. The van der Waals surface area contributed by atoms with Gasteiger partial charge in [-0.2, -0.15) is 0 Å². The van der Waals surface area contributed by atoms with Crippen LogP contribution in [0.4, 0.5) is 0 Å². The highest BCUT2D eigenvalue weighted by Gasteiger charge is 2.51. The van der Waals surface area contributed by atoms with Crippen molar-refractivity contribution in [3.05, 3.63) is 12.2 Å². The molecule has 0 aromatic heterocycles. The Kier molecular flexibility index (Phi) is 38.1. The van der Waals surface area contributed by atoms with E-state index in [9.17, 15) is 45.6 Å². The fourth-order valence-electron chi connectivity index (χ4n) is 9.41. The maximum absolute atomic E-state index is 13.2. The van der Waals surface area contributed by atoms with Gasteiger partial charge in [0.1, 0.15) is 48.8 Å². The summed E-state index contributed by atoms with van der Waals surface area (Å²) in [6.07, 6.45) is 27.8. The standard InChI is InChI=1S/C54H103NO13/c1-3-5-7-9-11-13-15-17-18-19-20-21-22-23-24-26-27-29-31-33-35-37-43(58)42(55-46(59)38-36-34-32-30-28-25-16-14-12-10-8-6-4-2)41-65-53-51(64)49(62)52(45(40-57)67-53)68-54-50(63)48(61)47(60)44(39-56)66-54/h14,16,42-45,47-54,56-58,60-64H,3-13,15,17-41H2,1-2H3,(H,55,59)/b16-14-. The normalized spacial score (nSPS) is 26.4. The fourth-order valence-corrected chi connectivity index (χ4v) is 9.41. The minimum atomic E-state index is -1.78. The lowest BCUT2D eigenvalue weighted by Gasteiger charge is -2.46. The van der Waals surface area contributed by atoms with Gasteiger partial charge in [0, 0.05) is 6.42 Å². The summed E-state index contributed by atoms with van der Waals surface area (Å²) < 4.78 is 22.8. The predicted molar refractivity (Wildman–Crippen MR) is 268 cm³/mol. The van der Waals surface area contributed by atoms with Crippen molar-refractivity contribution in [1.82, 2.24) is 5.32 Å². The number of ether oxygens (including phenoxy) is 4. The third-order valence-electron chi connectivity index (χ3n) is 14.0. The molecule has 402 valence electrons. The zero-order chi connectivity index (χ0) is 49.6. The topological polar surface area (TPSA) is 228 Å². The van der Waals surface area contributed by atoms with E-state index in [1.807, 2.05) is 0 Å². The zero-order valence-corrected chi connectivity index (χ0v) is 42.9. The number of allylic oxidation sites excluding steroid dienone is 2. The van der Waals surface area contributed by atoms with E-state index in [-0.39, 0.29) is 12.5 Å². The van der Waals surface area contributed by atoms with E-state index < -0.39 is 86.8 Å². The second kappa shape index (κ2) is 41.2. The first-order chi connectivity index (χ1) is 33.1. The number of aliphatic hydroxyl groups excluding tert-OH is 8. The quantitative estimate of drug-likeness (QED) is 0.0207. The Morgan fingerprint density at radius 3 is 1.41 bits per heavy atom. The number of hydrogen-bond donors (Lipinski definition) is 9. The zero-order valence-electron chi connectivity index (χ0n) is 42.9. The lowest BCUT2D eigenvalue weighted by Crippen LogP contribution is -2.65. The molecule has 12 atom stereocenters. The first-order valence-electron chi connectivity index (χ1n) is 27.9. The molecule has 0 spiro atoms. The lowest BCUT2D eigenvalue weighted by atomic mass is 9.97. The second-order valence-corrected chi connectivity index (χ2v) is 20.1. The van der Waals surface area contributed by atoms with Crippen LogP contribution in [-0.2, 0) is 23.7 Å². The molecule has 0 bridgehead atoms. The summed E-state index contributed by atoms with van der Waals surface area (Å²) in [6.45, 7) is 2.85. The summed E-state index contributed by atoms with van der Waals surface area (Å²) in [6, 6.07) is -0.829. The van der Waals surface area contributed by atoms with Crippen molar-refractivity contribution in [1.29, 1.82) is 0 Å². The highest BCUT2D eigenvalue weighted by atomic mass is 16.7. The van der Waals surface area contributed by atoms with Crippen LogP contribution in [0.5, 0.6) is 0 Å². The average Bonchev–Trinajstić information content (AvgIpc) is 3.34. The first kappa shape index (κ1) is 62.8. The van der Waals surface area contributed by atoms with Crippen LogP contribution in [0, 0.1) is 0 Å². The Bertz CT molecular complexity index is 1200. The number of aliphatic hydroxyl groups is 8. The Morgan fingerprint density at radius 1 is 0.515 bits per heavy atom. The van der Waals surface area contributed by atoms with E-state index in [1.165, 1.54) is 135 Å². The summed E-state index contributed by atoms with van der Waals surface area (Å²) in [5.41, 5.74) is 0.